The lowest BCUT2D eigenvalue weighted by Gasteiger charge is -2.34. The SMILES string of the molecule is O=C(NCC1(c2ccccc2)CCCC1)N1CCC(S(=O)(=O)c2ccc(CCNC[C@H](O)COc3ccc(O)cc3)cc2)CC1. The molecule has 0 bridgehead atoms. The van der Waals surface area contributed by atoms with Crippen molar-refractivity contribution in [1.29, 1.82) is 0 Å². The molecule has 0 spiro atoms. The van der Waals surface area contributed by atoms with Crippen molar-refractivity contribution in [2.75, 3.05) is 39.3 Å². The molecule has 3 aromatic rings. The summed E-state index contributed by atoms with van der Waals surface area (Å²) in [7, 11) is -3.50. The average Bonchev–Trinajstić information content (AvgIpc) is 3.56. The molecule has 9 nitrogen and oxygen atoms in total. The number of hydrogen-bond donors (Lipinski definition) is 4. The molecule has 1 saturated heterocycles. The van der Waals surface area contributed by atoms with Gasteiger partial charge in [0, 0.05) is 31.6 Å². The Hall–Kier alpha value is -3.60. The molecule has 0 unspecified atom stereocenters. The van der Waals surface area contributed by atoms with Crippen LogP contribution in [0.1, 0.15) is 49.7 Å². The van der Waals surface area contributed by atoms with Gasteiger partial charge in [-0.15, -0.1) is 0 Å². The number of aliphatic hydroxyl groups is 1. The highest BCUT2D eigenvalue weighted by atomic mass is 32.2. The third-order valence-electron chi connectivity index (χ3n) is 9.19. The number of benzene rings is 3. The van der Waals surface area contributed by atoms with Crippen LogP contribution >= 0.6 is 0 Å². The van der Waals surface area contributed by atoms with Gasteiger partial charge in [0.05, 0.1) is 10.1 Å². The molecule has 2 fully saturated rings. The summed E-state index contributed by atoms with van der Waals surface area (Å²) in [6.07, 6.45) is 5.29. The van der Waals surface area contributed by atoms with E-state index in [4.69, 9.17) is 4.74 Å². The van der Waals surface area contributed by atoms with Crippen LogP contribution in [0.2, 0.25) is 0 Å². The molecule has 4 N–H and O–H groups in total. The van der Waals surface area contributed by atoms with E-state index in [2.05, 4.69) is 34.9 Å². The second-order valence-electron chi connectivity index (χ2n) is 12.3. The van der Waals surface area contributed by atoms with Gasteiger partial charge in [-0.2, -0.15) is 0 Å². The number of amides is 2. The monoisotopic (exact) mass is 635 g/mol. The molecular formula is C35H45N3O6S. The standard InChI is InChI=1S/C35H45N3O6S/c39-29-10-12-31(13-11-29)44-25-30(40)24-36-21-16-27-8-14-32(15-9-27)45(42,43)33-17-22-38(23-18-33)34(41)37-26-35(19-4-5-20-35)28-6-2-1-3-7-28/h1-3,6-15,30,33,36,39-40H,4-5,16-26H2,(H,37,41)/t30-/m0/s1. The molecule has 45 heavy (non-hydrogen) atoms. The second kappa shape index (κ2) is 15.1. The van der Waals surface area contributed by atoms with Gasteiger partial charge in [-0.3, -0.25) is 0 Å². The van der Waals surface area contributed by atoms with Crippen LogP contribution in [0.25, 0.3) is 0 Å². The van der Waals surface area contributed by atoms with E-state index in [0.717, 1.165) is 31.2 Å². The fourth-order valence-corrected chi connectivity index (χ4v) is 8.20. The Kier molecular flexibility index (Phi) is 11.0. The Labute approximate surface area is 266 Å². The number of nitrogens with one attached hydrogen (secondary N) is 2. The van der Waals surface area contributed by atoms with E-state index in [-0.39, 0.29) is 23.8 Å². The van der Waals surface area contributed by atoms with Crippen LogP contribution in [-0.2, 0) is 21.7 Å². The molecule has 3 aromatic carbocycles. The molecule has 1 atom stereocenters. The highest BCUT2D eigenvalue weighted by molar-refractivity contribution is 7.92. The molecule has 1 heterocycles. The van der Waals surface area contributed by atoms with Gasteiger partial charge >= 0.3 is 6.03 Å². The van der Waals surface area contributed by atoms with E-state index >= 15 is 0 Å². The number of carbonyl (C=O) groups excluding carboxylic acids is 1. The maximum absolute atomic E-state index is 13.4. The number of ether oxygens (including phenoxy) is 1. The van der Waals surface area contributed by atoms with E-state index < -0.39 is 21.2 Å². The summed E-state index contributed by atoms with van der Waals surface area (Å²) in [6.45, 7) is 2.55. The van der Waals surface area contributed by atoms with Crippen molar-refractivity contribution in [1.82, 2.24) is 15.5 Å². The van der Waals surface area contributed by atoms with Gasteiger partial charge in [-0.25, -0.2) is 13.2 Å². The average molecular weight is 636 g/mol. The number of aliphatic hydroxyl groups excluding tert-OH is 1. The van der Waals surface area contributed by atoms with Crippen molar-refractivity contribution in [3.05, 3.63) is 90.0 Å². The molecule has 2 amide bonds. The summed E-state index contributed by atoms with van der Waals surface area (Å²) in [6, 6.07) is 23.7. The molecule has 242 valence electrons. The number of sulfone groups is 1. The van der Waals surface area contributed by atoms with Gasteiger partial charge in [-0.05, 0) is 86.2 Å². The summed E-state index contributed by atoms with van der Waals surface area (Å²) >= 11 is 0. The third-order valence-corrected chi connectivity index (χ3v) is 11.5. The smallest absolute Gasteiger partial charge is 0.317 e. The van der Waals surface area contributed by atoms with Crippen LogP contribution in [0.4, 0.5) is 4.79 Å². The number of phenolic OH excluding ortho intramolecular Hbond substituents is 1. The van der Waals surface area contributed by atoms with Crippen LogP contribution in [0.5, 0.6) is 11.5 Å². The second-order valence-corrected chi connectivity index (χ2v) is 14.5. The zero-order valence-electron chi connectivity index (χ0n) is 25.7. The van der Waals surface area contributed by atoms with Gasteiger partial charge < -0.3 is 30.5 Å². The number of rotatable bonds is 13. The van der Waals surface area contributed by atoms with Crippen molar-refractivity contribution >= 4 is 15.9 Å². The first-order valence-electron chi connectivity index (χ1n) is 16.0. The maximum Gasteiger partial charge on any atom is 0.317 e. The predicted molar refractivity (Wildman–Crippen MR) is 174 cm³/mol. The van der Waals surface area contributed by atoms with Gasteiger partial charge in [0.1, 0.15) is 24.2 Å². The molecular weight excluding hydrogens is 590 g/mol. The van der Waals surface area contributed by atoms with Gasteiger partial charge in [0.15, 0.2) is 9.84 Å². The summed E-state index contributed by atoms with van der Waals surface area (Å²) in [5.41, 5.74) is 2.26. The van der Waals surface area contributed by atoms with Crippen LogP contribution < -0.4 is 15.4 Å². The molecule has 5 rings (SSSR count). The van der Waals surface area contributed by atoms with Crippen LogP contribution in [0.15, 0.2) is 83.8 Å². The van der Waals surface area contributed by atoms with E-state index in [0.29, 0.717) is 62.6 Å². The van der Waals surface area contributed by atoms with Crippen molar-refractivity contribution in [3.63, 3.8) is 0 Å². The fraction of sp³-hybridized carbons (Fsp3) is 0.457. The van der Waals surface area contributed by atoms with E-state index in [1.165, 1.54) is 17.7 Å². The normalized spacial score (nSPS) is 17.6. The summed E-state index contributed by atoms with van der Waals surface area (Å²) < 4.78 is 32.3. The highest BCUT2D eigenvalue weighted by Crippen LogP contribution is 2.40. The lowest BCUT2D eigenvalue weighted by Crippen LogP contribution is -2.49. The number of likely N-dealkylation sites (tertiary alicyclic amines) is 1. The van der Waals surface area contributed by atoms with Gasteiger partial charge in [0.25, 0.3) is 0 Å². The number of phenols is 1. The topological polar surface area (TPSA) is 128 Å². The Morgan fingerprint density at radius 2 is 1.62 bits per heavy atom. The minimum absolute atomic E-state index is 0.0214. The third kappa shape index (κ3) is 8.56. The van der Waals surface area contributed by atoms with E-state index in [1.807, 2.05) is 18.2 Å². The molecule has 10 heteroatoms. The minimum Gasteiger partial charge on any atom is -0.508 e. The number of piperidine rings is 1. The maximum atomic E-state index is 13.4. The summed E-state index contributed by atoms with van der Waals surface area (Å²) in [5, 5.41) is 25.3. The highest BCUT2D eigenvalue weighted by Gasteiger charge is 2.37. The molecule has 1 aliphatic heterocycles. The predicted octanol–water partition coefficient (Wildman–Crippen LogP) is 4.42. The lowest BCUT2D eigenvalue weighted by molar-refractivity contribution is 0.106. The van der Waals surface area contributed by atoms with Crippen molar-refractivity contribution < 1.29 is 28.2 Å². The molecule has 0 aromatic heterocycles. The zero-order chi connectivity index (χ0) is 31.7. The first-order chi connectivity index (χ1) is 21.7. The van der Waals surface area contributed by atoms with Gasteiger partial charge in [-0.1, -0.05) is 55.3 Å². The number of hydrogen-bond acceptors (Lipinski definition) is 7. The molecule has 0 radical (unpaired) electrons. The summed E-state index contributed by atoms with van der Waals surface area (Å²) in [5.74, 6) is 0.730. The molecule has 1 saturated carbocycles. The largest absolute Gasteiger partial charge is 0.508 e. The van der Waals surface area contributed by atoms with Crippen LogP contribution in [0, 0.1) is 0 Å². The van der Waals surface area contributed by atoms with Crippen LogP contribution in [0.3, 0.4) is 0 Å². The van der Waals surface area contributed by atoms with Crippen molar-refractivity contribution in [2.45, 2.75) is 66.6 Å². The quantitative estimate of drug-likeness (QED) is 0.205. The van der Waals surface area contributed by atoms with E-state index in [9.17, 15) is 23.4 Å². The van der Waals surface area contributed by atoms with E-state index in [1.54, 1.807) is 29.2 Å². The number of carbonyl (C=O) groups is 1. The first-order valence-corrected chi connectivity index (χ1v) is 17.5. The fourth-order valence-electron chi connectivity index (χ4n) is 6.47. The number of aromatic hydroxyl groups is 1. The van der Waals surface area contributed by atoms with Crippen LogP contribution in [-0.4, -0.2) is 80.2 Å². The Bertz CT molecular complexity index is 1470. The zero-order valence-corrected chi connectivity index (χ0v) is 26.6. The summed E-state index contributed by atoms with van der Waals surface area (Å²) in [4.78, 5) is 15.1. The lowest BCUT2D eigenvalue weighted by atomic mass is 9.79. The number of urea groups is 1. The van der Waals surface area contributed by atoms with Gasteiger partial charge in [0.2, 0.25) is 0 Å². The van der Waals surface area contributed by atoms with Crippen molar-refractivity contribution in [3.8, 4) is 11.5 Å². The molecule has 1 aliphatic carbocycles. The Morgan fingerprint density at radius 1 is 0.956 bits per heavy atom. The minimum atomic E-state index is -3.50. The Morgan fingerprint density at radius 3 is 2.29 bits per heavy atom. The molecule has 2 aliphatic rings. The van der Waals surface area contributed by atoms with Crippen molar-refractivity contribution in [2.24, 2.45) is 0 Å². The first kappa shape index (κ1) is 32.8. The number of nitrogens with zero attached hydrogens (tertiary/aromatic N) is 1. The Balaban J connectivity index is 1.03.